The molecule has 90 valence electrons. The summed E-state index contributed by atoms with van der Waals surface area (Å²) >= 11 is 0. The third kappa shape index (κ3) is 2.24. The number of allylic oxidation sites excluding steroid dienone is 1. The number of pyridine rings is 1. The standard InChI is InChI=1S/C13H10N2O3/c16-8-2-1-3-10-4-5-13(15(17)18)12-9-14-7-6-11(10)12/h1,3-9H,2H2. The van der Waals surface area contributed by atoms with Gasteiger partial charge in [-0.2, -0.15) is 0 Å². The maximum atomic E-state index is 10.9. The van der Waals surface area contributed by atoms with E-state index >= 15 is 0 Å². The highest BCUT2D eigenvalue weighted by Crippen LogP contribution is 2.28. The Labute approximate surface area is 103 Å². The van der Waals surface area contributed by atoms with Crippen LogP contribution in [0.1, 0.15) is 12.0 Å². The second-order valence-corrected chi connectivity index (χ2v) is 3.66. The van der Waals surface area contributed by atoms with Crippen LogP contribution in [0.25, 0.3) is 16.8 Å². The predicted molar refractivity (Wildman–Crippen MR) is 68.1 cm³/mol. The summed E-state index contributed by atoms with van der Waals surface area (Å²) < 4.78 is 0. The van der Waals surface area contributed by atoms with E-state index in [0.717, 1.165) is 17.2 Å². The molecule has 0 saturated heterocycles. The van der Waals surface area contributed by atoms with Gasteiger partial charge < -0.3 is 4.79 Å². The lowest BCUT2D eigenvalue weighted by Gasteiger charge is -2.02. The minimum Gasteiger partial charge on any atom is -0.303 e. The van der Waals surface area contributed by atoms with E-state index in [1.807, 2.05) is 0 Å². The number of aldehydes is 1. The molecule has 2 rings (SSSR count). The van der Waals surface area contributed by atoms with Crippen LogP contribution in [0.4, 0.5) is 5.69 Å². The van der Waals surface area contributed by atoms with Gasteiger partial charge in [0.15, 0.2) is 0 Å². The molecular weight excluding hydrogens is 232 g/mol. The third-order valence-corrected chi connectivity index (χ3v) is 2.56. The average molecular weight is 242 g/mol. The zero-order valence-corrected chi connectivity index (χ0v) is 9.45. The van der Waals surface area contributed by atoms with Crippen LogP contribution in [0.5, 0.6) is 0 Å². The van der Waals surface area contributed by atoms with Gasteiger partial charge in [0.1, 0.15) is 6.29 Å². The molecule has 0 aliphatic heterocycles. The molecule has 0 fully saturated rings. The topological polar surface area (TPSA) is 73.1 Å². The van der Waals surface area contributed by atoms with Crippen LogP contribution in [-0.2, 0) is 4.79 Å². The SMILES string of the molecule is O=CCC=Cc1ccc([N+](=O)[O-])c2cnccc12. The molecule has 5 nitrogen and oxygen atoms in total. The number of nitro groups is 1. The van der Waals surface area contributed by atoms with Crippen molar-refractivity contribution >= 4 is 28.8 Å². The van der Waals surface area contributed by atoms with E-state index in [9.17, 15) is 14.9 Å². The van der Waals surface area contributed by atoms with Crippen LogP contribution >= 0.6 is 0 Å². The van der Waals surface area contributed by atoms with Crippen LogP contribution < -0.4 is 0 Å². The monoisotopic (exact) mass is 242 g/mol. The molecule has 0 bridgehead atoms. The smallest absolute Gasteiger partial charge is 0.278 e. The van der Waals surface area contributed by atoms with Crippen molar-refractivity contribution in [2.24, 2.45) is 0 Å². The summed E-state index contributed by atoms with van der Waals surface area (Å²) in [6, 6.07) is 4.84. The lowest BCUT2D eigenvalue weighted by Crippen LogP contribution is -1.91. The number of non-ortho nitro benzene ring substituents is 1. The molecule has 0 N–H and O–H groups in total. The highest BCUT2D eigenvalue weighted by atomic mass is 16.6. The van der Waals surface area contributed by atoms with Crippen molar-refractivity contribution in [3.8, 4) is 0 Å². The first kappa shape index (κ1) is 11.9. The summed E-state index contributed by atoms with van der Waals surface area (Å²) in [5, 5.41) is 12.1. The second-order valence-electron chi connectivity index (χ2n) is 3.66. The molecule has 2 aromatic rings. The van der Waals surface area contributed by atoms with Crippen LogP contribution in [-0.4, -0.2) is 16.2 Å². The Balaban J connectivity index is 2.60. The van der Waals surface area contributed by atoms with E-state index in [2.05, 4.69) is 4.98 Å². The largest absolute Gasteiger partial charge is 0.303 e. The van der Waals surface area contributed by atoms with E-state index < -0.39 is 4.92 Å². The van der Waals surface area contributed by atoms with Gasteiger partial charge >= 0.3 is 0 Å². The normalized spacial score (nSPS) is 10.9. The summed E-state index contributed by atoms with van der Waals surface area (Å²) in [7, 11) is 0. The lowest BCUT2D eigenvalue weighted by molar-refractivity contribution is -0.383. The number of carbonyl (C=O) groups is 1. The molecule has 1 aromatic carbocycles. The number of benzene rings is 1. The second kappa shape index (κ2) is 5.18. The Bertz CT molecular complexity index is 635. The Hall–Kier alpha value is -2.56. The van der Waals surface area contributed by atoms with Gasteiger partial charge in [-0.3, -0.25) is 15.1 Å². The number of carbonyl (C=O) groups excluding carboxylic acids is 1. The minimum absolute atomic E-state index is 0.0330. The van der Waals surface area contributed by atoms with Crippen molar-refractivity contribution in [2.45, 2.75) is 6.42 Å². The third-order valence-electron chi connectivity index (χ3n) is 2.56. The molecule has 0 aliphatic carbocycles. The van der Waals surface area contributed by atoms with Crippen LogP contribution in [0, 0.1) is 10.1 Å². The lowest BCUT2D eigenvalue weighted by atomic mass is 10.0. The fourth-order valence-corrected chi connectivity index (χ4v) is 1.75. The van der Waals surface area contributed by atoms with Crippen molar-refractivity contribution in [3.05, 3.63) is 52.3 Å². The fraction of sp³-hybridized carbons (Fsp3) is 0.0769. The Morgan fingerprint density at radius 3 is 2.83 bits per heavy atom. The fourth-order valence-electron chi connectivity index (χ4n) is 1.75. The molecule has 0 aliphatic rings. The predicted octanol–water partition coefficient (Wildman–Crippen LogP) is 2.75. The van der Waals surface area contributed by atoms with Gasteiger partial charge in [0, 0.05) is 24.9 Å². The van der Waals surface area contributed by atoms with Crippen molar-refractivity contribution in [1.82, 2.24) is 4.98 Å². The number of nitro benzene ring substituents is 1. The van der Waals surface area contributed by atoms with E-state index in [0.29, 0.717) is 11.8 Å². The summed E-state index contributed by atoms with van der Waals surface area (Å²) in [4.78, 5) is 24.6. The average Bonchev–Trinajstić information content (AvgIpc) is 2.38. The molecule has 0 amide bonds. The number of fused-ring (bicyclic) bond motifs is 1. The van der Waals surface area contributed by atoms with Crippen LogP contribution in [0.2, 0.25) is 0 Å². The highest BCUT2D eigenvalue weighted by Gasteiger charge is 2.12. The first-order valence-electron chi connectivity index (χ1n) is 5.35. The van der Waals surface area contributed by atoms with Crippen LogP contribution in [0.15, 0.2) is 36.7 Å². The summed E-state index contributed by atoms with van der Waals surface area (Å²) in [6.07, 6.45) is 7.68. The first-order chi connectivity index (χ1) is 8.74. The van der Waals surface area contributed by atoms with Crippen molar-refractivity contribution in [3.63, 3.8) is 0 Å². The van der Waals surface area contributed by atoms with E-state index in [-0.39, 0.29) is 5.69 Å². The number of rotatable bonds is 4. The molecule has 5 heteroatoms. The summed E-state index contributed by atoms with van der Waals surface area (Å²) in [5.74, 6) is 0. The molecule has 0 unspecified atom stereocenters. The molecule has 18 heavy (non-hydrogen) atoms. The van der Waals surface area contributed by atoms with E-state index in [1.54, 1.807) is 30.5 Å². The zero-order chi connectivity index (χ0) is 13.0. The van der Waals surface area contributed by atoms with Gasteiger partial charge in [0.25, 0.3) is 5.69 Å². The molecule has 0 atom stereocenters. The van der Waals surface area contributed by atoms with Gasteiger partial charge in [0.05, 0.1) is 10.3 Å². The van der Waals surface area contributed by atoms with Gasteiger partial charge in [-0.05, 0) is 23.1 Å². The quantitative estimate of drug-likeness (QED) is 0.469. The van der Waals surface area contributed by atoms with Crippen molar-refractivity contribution in [1.29, 1.82) is 0 Å². The van der Waals surface area contributed by atoms with Gasteiger partial charge in [0.2, 0.25) is 0 Å². The molecule has 1 aromatic heterocycles. The number of hydrogen-bond donors (Lipinski definition) is 0. The Morgan fingerprint density at radius 1 is 1.28 bits per heavy atom. The zero-order valence-electron chi connectivity index (χ0n) is 9.45. The van der Waals surface area contributed by atoms with E-state index in [1.165, 1.54) is 12.3 Å². The number of nitrogens with zero attached hydrogens (tertiary/aromatic N) is 2. The van der Waals surface area contributed by atoms with E-state index in [4.69, 9.17) is 0 Å². The van der Waals surface area contributed by atoms with Crippen molar-refractivity contribution in [2.75, 3.05) is 0 Å². The van der Waals surface area contributed by atoms with Gasteiger partial charge in [-0.15, -0.1) is 0 Å². The maximum absolute atomic E-state index is 10.9. The summed E-state index contributed by atoms with van der Waals surface area (Å²) in [6.45, 7) is 0. The molecule has 0 saturated carbocycles. The molecule has 0 radical (unpaired) electrons. The van der Waals surface area contributed by atoms with Crippen molar-refractivity contribution < 1.29 is 9.72 Å². The summed E-state index contributed by atoms with van der Waals surface area (Å²) in [5.41, 5.74) is 0.866. The number of aromatic nitrogens is 1. The molecular formula is C13H10N2O3. The Kier molecular flexibility index (Phi) is 3.43. The van der Waals surface area contributed by atoms with Gasteiger partial charge in [-0.25, -0.2) is 0 Å². The number of hydrogen-bond acceptors (Lipinski definition) is 4. The van der Waals surface area contributed by atoms with Crippen LogP contribution in [0.3, 0.4) is 0 Å². The maximum Gasteiger partial charge on any atom is 0.278 e. The minimum atomic E-state index is -0.428. The molecule has 1 heterocycles. The van der Waals surface area contributed by atoms with Gasteiger partial charge in [-0.1, -0.05) is 12.2 Å². The first-order valence-corrected chi connectivity index (χ1v) is 5.35. The molecule has 0 spiro atoms. The Morgan fingerprint density at radius 2 is 2.11 bits per heavy atom. The highest BCUT2D eigenvalue weighted by molar-refractivity contribution is 5.96.